The first kappa shape index (κ1) is 13.5. The molecule has 1 nitrogen and oxygen atoms in total. The molecule has 0 amide bonds. The zero-order chi connectivity index (χ0) is 13.7. The van der Waals surface area contributed by atoms with Crippen LogP contribution >= 0.6 is 0 Å². The molecular weight excluding hydrogens is 244 g/mol. The van der Waals surface area contributed by atoms with Crippen molar-refractivity contribution in [2.75, 3.05) is 5.32 Å². The van der Waals surface area contributed by atoms with Gasteiger partial charge < -0.3 is 5.32 Å². The summed E-state index contributed by atoms with van der Waals surface area (Å²) in [5.74, 6) is -1.04. The van der Waals surface area contributed by atoms with Gasteiger partial charge in [0, 0.05) is 17.8 Å². The molecule has 0 aromatic heterocycles. The van der Waals surface area contributed by atoms with Gasteiger partial charge in [0.25, 0.3) is 0 Å². The van der Waals surface area contributed by atoms with Crippen LogP contribution in [0.1, 0.15) is 24.5 Å². The Bertz CT molecular complexity index is 515. The van der Waals surface area contributed by atoms with Crippen molar-refractivity contribution in [2.45, 2.75) is 26.3 Å². The maximum Gasteiger partial charge on any atom is 0.131 e. The summed E-state index contributed by atoms with van der Waals surface area (Å²) in [5.41, 5.74) is 2.20. The van der Waals surface area contributed by atoms with Crippen molar-refractivity contribution in [1.82, 2.24) is 0 Å². The Morgan fingerprint density at radius 2 is 1.58 bits per heavy atom. The molecule has 1 N–H and O–H groups in total. The van der Waals surface area contributed by atoms with E-state index in [2.05, 4.69) is 12.2 Å². The molecule has 0 aliphatic rings. The van der Waals surface area contributed by atoms with Crippen molar-refractivity contribution in [3.63, 3.8) is 0 Å². The number of anilines is 1. The highest BCUT2D eigenvalue weighted by Crippen LogP contribution is 2.16. The van der Waals surface area contributed by atoms with Crippen LogP contribution < -0.4 is 5.32 Å². The molecule has 0 radical (unpaired) electrons. The molecule has 2 aromatic carbocycles. The van der Waals surface area contributed by atoms with Crippen molar-refractivity contribution in [2.24, 2.45) is 0 Å². The Labute approximate surface area is 112 Å². The second-order valence-electron chi connectivity index (χ2n) is 4.50. The van der Waals surface area contributed by atoms with Crippen LogP contribution in [0.5, 0.6) is 0 Å². The molecule has 2 aromatic rings. The lowest BCUT2D eigenvalue weighted by Crippen LogP contribution is -2.04. The zero-order valence-corrected chi connectivity index (χ0v) is 10.9. The quantitative estimate of drug-likeness (QED) is 0.833. The number of nitrogens with one attached hydrogen (secondary N) is 1. The summed E-state index contributed by atoms with van der Waals surface area (Å²) in [7, 11) is 0. The summed E-state index contributed by atoms with van der Waals surface area (Å²) in [5, 5.41) is 3.03. The highest BCUT2D eigenvalue weighted by molar-refractivity contribution is 5.45. The van der Waals surface area contributed by atoms with Crippen molar-refractivity contribution in [3.05, 3.63) is 65.2 Å². The second kappa shape index (κ2) is 6.32. The summed E-state index contributed by atoms with van der Waals surface area (Å²) in [4.78, 5) is 0. The highest BCUT2D eigenvalue weighted by Gasteiger charge is 2.07. The van der Waals surface area contributed by atoms with E-state index < -0.39 is 11.6 Å². The van der Waals surface area contributed by atoms with Crippen LogP contribution in [0, 0.1) is 11.6 Å². The Hall–Kier alpha value is -1.90. The van der Waals surface area contributed by atoms with Gasteiger partial charge in [-0.15, -0.1) is 0 Å². The van der Waals surface area contributed by atoms with Gasteiger partial charge in [-0.2, -0.15) is 0 Å². The van der Waals surface area contributed by atoms with E-state index in [0.717, 1.165) is 18.5 Å². The van der Waals surface area contributed by atoms with Gasteiger partial charge in [0.2, 0.25) is 0 Å². The number of hydrogen-bond acceptors (Lipinski definition) is 1. The summed E-state index contributed by atoms with van der Waals surface area (Å²) in [6.45, 7) is 2.28. The zero-order valence-electron chi connectivity index (χ0n) is 10.9. The van der Waals surface area contributed by atoms with Gasteiger partial charge in [-0.3, -0.25) is 0 Å². The van der Waals surface area contributed by atoms with Crippen LogP contribution in [0.2, 0.25) is 0 Å². The van der Waals surface area contributed by atoms with Gasteiger partial charge in [-0.05, 0) is 36.2 Å². The van der Waals surface area contributed by atoms with Crippen molar-refractivity contribution < 1.29 is 8.78 Å². The molecule has 0 spiro atoms. The third-order valence-electron chi connectivity index (χ3n) is 3.02. The lowest BCUT2D eigenvalue weighted by Gasteiger charge is -2.09. The van der Waals surface area contributed by atoms with Crippen LogP contribution in [0.25, 0.3) is 0 Å². The van der Waals surface area contributed by atoms with Crippen molar-refractivity contribution >= 4 is 5.69 Å². The number of hydrogen-bond donors (Lipinski definition) is 1. The van der Waals surface area contributed by atoms with Gasteiger partial charge in [-0.25, -0.2) is 8.78 Å². The standard InChI is InChI=1S/C16H17F2N/c1-2-4-12-7-9-13(10-8-12)19-11-14-15(17)5-3-6-16(14)18/h3,5-10,19H,2,4,11H2,1H3. The normalized spacial score (nSPS) is 10.5. The van der Waals surface area contributed by atoms with E-state index in [1.54, 1.807) is 0 Å². The molecule has 0 unspecified atom stereocenters. The highest BCUT2D eigenvalue weighted by atomic mass is 19.1. The minimum atomic E-state index is -0.518. The number of rotatable bonds is 5. The Morgan fingerprint density at radius 1 is 0.947 bits per heavy atom. The summed E-state index contributed by atoms with van der Waals surface area (Å²) in [6.07, 6.45) is 2.15. The van der Waals surface area contributed by atoms with E-state index in [1.165, 1.54) is 23.8 Å². The van der Waals surface area contributed by atoms with Gasteiger partial charge in [-0.1, -0.05) is 31.5 Å². The lowest BCUT2D eigenvalue weighted by molar-refractivity contribution is 0.560. The van der Waals surface area contributed by atoms with E-state index >= 15 is 0 Å². The fourth-order valence-electron chi connectivity index (χ4n) is 1.97. The number of benzene rings is 2. The number of aryl methyl sites for hydroxylation is 1. The van der Waals surface area contributed by atoms with Gasteiger partial charge in [0.05, 0.1) is 0 Å². The molecule has 0 saturated carbocycles. The lowest BCUT2D eigenvalue weighted by atomic mass is 10.1. The summed E-state index contributed by atoms with van der Waals surface area (Å²) < 4.78 is 26.9. The predicted octanol–water partition coefficient (Wildman–Crippen LogP) is 4.53. The van der Waals surface area contributed by atoms with Gasteiger partial charge >= 0.3 is 0 Å². The van der Waals surface area contributed by atoms with E-state index in [0.29, 0.717) is 0 Å². The fourth-order valence-corrected chi connectivity index (χ4v) is 1.97. The maximum atomic E-state index is 13.4. The summed E-state index contributed by atoms with van der Waals surface area (Å²) >= 11 is 0. The molecule has 100 valence electrons. The molecule has 0 fully saturated rings. The molecule has 2 rings (SSSR count). The first-order chi connectivity index (χ1) is 9.20. The van der Waals surface area contributed by atoms with E-state index in [9.17, 15) is 8.78 Å². The molecule has 0 atom stereocenters. The first-order valence-electron chi connectivity index (χ1n) is 6.46. The average molecular weight is 261 g/mol. The first-order valence-corrected chi connectivity index (χ1v) is 6.46. The summed E-state index contributed by atoms with van der Waals surface area (Å²) in [6, 6.07) is 11.8. The molecule has 19 heavy (non-hydrogen) atoms. The van der Waals surface area contributed by atoms with Crippen LogP contribution in [0.3, 0.4) is 0 Å². The molecule has 0 heterocycles. The monoisotopic (exact) mass is 261 g/mol. The minimum absolute atomic E-state index is 0.0696. The second-order valence-corrected chi connectivity index (χ2v) is 4.50. The minimum Gasteiger partial charge on any atom is -0.381 e. The Kier molecular flexibility index (Phi) is 4.50. The molecule has 0 saturated heterocycles. The van der Waals surface area contributed by atoms with E-state index in [-0.39, 0.29) is 12.1 Å². The van der Waals surface area contributed by atoms with Crippen molar-refractivity contribution in [3.8, 4) is 0 Å². The Morgan fingerprint density at radius 3 is 2.16 bits per heavy atom. The SMILES string of the molecule is CCCc1ccc(NCc2c(F)cccc2F)cc1. The third-order valence-corrected chi connectivity index (χ3v) is 3.02. The van der Waals surface area contributed by atoms with Crippen LogP contribution in [0.4, 0.5) is 14.5 Å². The fraction of sp³-hybridized carbons (Fsp3) is 0.250. The molecule has 0 aliphatic heterocycles. The Balaban J connectivity index is 2.02. The van der Waals surface area contributed by atoms with Gasteiger partial charge in [0.15, 0.2) is 0 Å². The smallest absolute Gasteiger partial charge is 0.131 e. The topological polar surface area (TPSA) is 12.0 Å². The third kappa shape index (κ3) is 3.53. The molecule has 3 heteroatoms. The molecule has 0 aliphatic carbocycles. The largest absolute Gasteiger partial charge is 0.381 e. The predicted molar refractivity (Wildman–Crippen MR) is 74.1 cm³/mol. The van der Waals surface area contributed by atoms with E-state index in [4.69, 9.17) is 0 Å². The van der Waals surface area contributed by atoms with Crippen LogP contribution in [0.15, 0.2) is 42.5 Å². The van der Waals surface area contributed by atoms with Crippen LogP contribution in [-0.4, -0.2) is 0 Å². The van der Waals surface area contributed by atoms with Gasteiger partial charge in [0.1, 0.15) is 11.6 Å². The van der Waals surface area contributed by atoms with Crippen LogP contribution in [-0.2, 0) is 13.0 Å². The molecular formula is C16H17F2N. The van der Waals surface area contributed by atoms with E-state index in [1.807, 2.05) is 24.3 Å². The average Bonchev–Trinajstić information content (AvgIpc) is 2.40. The molecule has 0 bridgehead atoms. The number of halogens is 2. The van der Waals surface area contributed by atoms with Crippen molar-refractivity contribution in [1.29, 1.82) is 0 Å². The maximum absolute atomic E-state index is 13.4.